The van der Waals surface area contributed by atoms with Crippen LogP contribution in [-0.4, -0.2) is 17.6 Å². The van der Waals surface area contributed by atoms with Gasteiger partial charge >= 0.3 is 0 Å². The Morgan fingerprint density at radius 1 is 1.40 bits per heavy atom. The zero-order valence-electron chi connectivity index (χ0n) is 10.0. The summed E-state index contributed by atoms with van der Waals surface area (Å²) >= 11 is 0. The van der Waals surface area contributed by atoms with Crippen molar-refractivity contribution in [1.82, 2.24) is 10.3 Å². The van der Waals surface area contributed by atoms with Crippen molar-refractivity contribution in [3.05, 3.63) is 30.1 Å². The highest BCUT2D eigenvalue weighted by atomic mass is 14.9. The van der Waals surface area contributed by atoms with Crippen LogP contribution in [0, 0.1) is 5.92 Å². The summed E-state index contributed by atoms with van der Waals surface area (Å²) in [5.74, 6) is 0.664. The first-order valence-electron chi connectivity index (χ1n) is 5.86. The van der Waals surface area contributed by atoms with Crippen LogP contribution in [-0.2, 0) is 6.42 Å². The zero-order valence-corrected chi connectivity index (χ0v) is 10.0. The summed E-state index contributed by atoms with van der Waals surface area (Å²) < 4.78 is 0. The lowest BCUT2D eigenvalue weighted by Crippen LogP contribution is -2.36. The van der Waals surface area contributed by atoms with E-state index in [1.165, 1.54) is 12.0 Å². The molecule has 1 aromatic rings. The van der Waals surface area contributed by atoms with Crippen LogP contribution in [0.25, 0.3) is 0 Å². The van der Waals surface area contributed by atoms with Crippen LogP contribution in [0.2, 0.25) is 0 Å². The first-order valence-corrected chi connectivity index (χ1v) is 5.86. The molecule has 1 N–H and O–H groups in total. The van der Waals surface area contributed by atoms with Gasteiger partial charge in [-0.1, -0.05) is 26.8 Å². The van der Waals surface area contributed by atoms with Crippen molar-refractivity contribution in [3.63, 3.8) is 0 Å². The molecule has 1 heterocycles. The standard InChI is InChI=1S/C13H22N2/c1-4-7-15-13(11(2)3)9-12-6-5-8-14-10-12/h5-6,8,10-11,13,15H,4,7,9H2,1-3H3. The van der Waals surface area contributed by atoms with E-state index in [0.717, 1.165) is 13.0 Å². The van der Waals surface area contributed by atoms with Crippen LogP contribution in [0.15, 0.2) is 24.5 Å². The maximum atomic E-state index is 4.15. The number of pyridine rings is 1. The van der Waals surface area contributed by atoms with Gasteiger partial charge in [0.2, 0.25) is 0 Å². The molecule has 0 fully saturated rings. The Balaban J connectivity index is 2.51. The molecule has 0 radical (unpaired) electrons. The van der Waals surface area contributed by atoms with Crippen molar-refractivity contribution in [2.24, 2.45) is 5.92 Å². The van der Waals surface area contributed by atoms with E-state index in [1.807, 2.05) is 18.5 Å². The molecule has 0 aromatic carbocycles. The quantitative estimate of drug-likeness (QED) is 0.774. The molecule has 0 bridgehead atoms. The van der Waals surface area contributed by atoms with Gasteiger partial charge < -0.3 is 5.32 Å². The lowest BCUT2D eigenvalue weighted by atomic mass is 9.97. The van der Waals surface area contributed by atoms with E-state index in [9.17, 15) is 0 Å². The first kappa shape index (κ1) is 12.2. The van der Waals surface area contributed by atoms with Gasteiger partial charge in [-0.25, -0.2) is 0 Å². The van der Waals surface area contributed by atoms with Gasteiger partial charge in [0.1, 0.15) is 0 Å². The lowest BCUT2D eigenvalue weighted by Gasteiger charge is -2.22. The SMILES string of the molecule is CCCNC(Cc1cccnc1)C(C)C. The summed E-state index contributed by atoms with van der Waals surface area (Å²) in [7, 11) is 0. The molecule has 0 aliphatic carbocycles. The van der Waals surface area contributed by atoms with Crippen molar-refractivity contribution in [1.29, 1.82) is 0 Å². The molecule has 0 amide bonds. The predicted octanol–water partition coefficient (Wildman–Crippen LogP) is 2.65. The molecule has 2 heteroatoms. The van der Waals surface area contributed by atoms with Gasteiger partial charge in [-0.2, -0.15) is 0 Å². The second-order valence-electron chi connectivity index (χ2n) is 4.37. The van der Waals surface area contributed by atoms with Gasteiger partial charge in [-0.05, 0) is 36.9 Å². The highest BCUT2D eigenvalue weighted by molar-refractivity contribution is 5.10. The fourth-order valence-electron chi connectivity index (χ4n) is 1.65. The Morgan fingerprint density at radius 2 is 2.20 bits per heavy atom. The summed E-state index contributed by atoms with van der Waals surface area (Å²) in [6.45, 7) is 7.84. The van der Waals surface area contributed by atoms with E-state index in [1.54, 1.807) is 0 Å². The molecule has 0 saturated carbocycles. The molecule has 0 aliphatic rings. The van der Waals surface area contributed by atoms with E-state index in [2.05, 4.69) is 37.1 Å². The summed E-state index contributed by atoms with van der Waals surface area (Å²) in [5.41, 5.74) is 1.32. The minimum atomic E-state index is 0.564. The van der Waals surface area contributed by atoms with Crippen LogP contribution >= 0.6 is 0 Å². The molecule has 1 aromatic heterocycles. The molecule has 0 saturated heterocycles. The molecule has 1 atom stereocenters. The molecule has 0 aliphatic heterocycles. The van der Waals surface area contributed by atoms with E-state index in [-0.39, 0.29) is 0 Å². The van der Waals surface area contributed by atoms with Gasteiger partial charge in [-0.3, -0.25) is 4.98 Å². The minimum Gasteiger partial charge on any atom is -0.313 e. The largest absolute Gasteiger partial charge is 0.313 e. The minimum absolute atomic E-state index is 0.564. The van der Waals surface area contributed by atoms with Crippen molar-refractivity contribution < 1.29 is 0 Å². The summed E-state index contributed by atoms with van der Waals surface area (Å²) in [6.07, 6.45) is 6.05. The van der Waals surface area contributed by atoms with Crippen LogP contribution in [0.5, 0.6) is 0 Å². The Labute approximate surface area is 93.1 Å². The second kappa shape index (κ2) is 6.57. The number of nitrogens with zero attached hydrogens (tertiary/aromatic N) is 1. The van der Waals surface area contributed by atoms with Crippen molar-refractivity contribution in [2.45, 2.75) is 39.7 Å². The fourth-order valence-corrected chi connectivity index (χ4v) is 1.65. The normalized spacial score (nSPS) is 13.1. The number of aromatic nitrogens is 1. The number of hydrogen-bond acceptors (Lipinski definition) is 2. The third-order valence-electron chi connectivity index (χ3n) is 2.64. The average Bonchev–Trinajstić information content (AvgIpc) is 2.25. The molecule has 2 nitrogen and oxygen atoms in total. The third kappa shape index (κ3) is 4.43. The third-order valence-corrected chi connectivity index (χ3v) is 2.64. The first-order chi connectivity index (χ1) is 7.24. The molecular weight excluding hydrogens is 184 g/mol. The number of hydrogen-bond donors (Lipinski definition) is 1. The Bertz CT molecular complexity index is 256. The number of rotatable bonds is 6. The Morgan fingerprint density at radius 3 is 2.73 bits per heavy atom. The lowest BCUT2D eigenvalue weighted by molar-refractivity contribution is 0.397. The van der Waals surface area contributed by atoms with Gasteiger partial charge in [0.05, 0.1) is 0 Å². The highest BCUT2D eigenvalue weighted by Gasteiger charge is 2.12. The Kier molecular flexibility index (Phi) is 5.33. The molecule has 15 heavy (non-hydrogen) atoms. The van der Waals surface area contributed by atoms with Crippen LogP contribution in [0.3, 0.4) is 0 Å². The van der Waals surface area contributed by atoms with E-state index in [0.29, 0.717) is 12.0 Å². The molecule has 1 unspecified atom stereocenters. The number of nitrogens with one attached hydrogen (secondary N) is 1. The van der Waals surface area contributed by atoms with E-state index >= 15 is 0 Å². The van der Waals surface area contributed by atoms with Gasteiger partial charge in [-0.15, -0.1) is 0 Å². The maximum absolute atomic E-state index is 4.15. The molecule has 0 spiro atoms. The van der Waals surface area contributed by atoms with E-state index in [4.69, 9.17) is 0 Å². The second-order valence-corrected chi connectivity index (χ2v) is 4.37. The highest BCUT2D eigenvalue weighted by Crippen LogP contribution is 2.09. The topological polar surface area (TPSA) is 24.9 Å². The van der Waals surface area contributed by atoms with Gasteiger partial charge in [0.25, 0.3) is 0 Å². The van der Waals surface area contributed by atoms with Crippen molar-refractivity contribution in [2.75, 3.05) is 6.54 Å². The average molecular weight is 206 g/mol. The Hall–Kier alpha value is -0.890. The van der Waals surface area contributed by atoms with Gasteiger partial charge in [0.15, 0.2) is 0 Å². The van der Waals surface area contributed by atoms with E-state index < -0.39 is 0 Å². The van der Waals surface area contributed by atoms with Crippen LogP contribution in [0.4, 0.5) is 0 Å². The maximum Gasteiger partial charge on any atom is 0.0300 e. The predicted molar refractivity (Wildman–Crippen MR) is 64.9 cm³/mol. The summed E-state index contributed by atoms with van der Waals surface area (Å²) in [5, 5.41) is 3.59. The van der Waals surface area contributed by atoms with Crippen LogP contribution in [0.1, 0.15) is 32.8 Å². The van der Waals surface area contributed by atoms with Crippen molar-refractivity contribution in [3.8, 4) is 0 Å². The van der Waals surface area contributed by atoms with Crippen molar-refractivity contribution >= 4 is 0 Å². The monoisotopic (exact) mass is 206 g/mol. The van der Waals surface area contributed by atoms with Gasteiger partial charge in [0, 0.05) is 18.4 Å². The zero-order chi connectivity index (χ0) is 11.1. The molecular formula is C13H22N2. The molecule has 1 rings (SSSR count). The molecule has 84 valence electrons. The fraction of sp³-hybridized carbons (Fsp3) is 0.615. The van der Waals surface area contributed by atoms with Crippen LogP contribution < -0.4 is 5.32 Å². The summed E-state index contributed by atoms with van der Waals surface area (Å²) in [6, 6.07) is 4.72. The summed E-state index contributed by atoms with van der Waals surface area (Å²) in [4.78, 5) is 4.15. The smallest absolute Gasteiger partial charge is 0.0300 e.